The third kappa shape index (κ3) is 4.58. The molecule has 0 bridgehead atoms. The second-order valence-electron chi connectivity index (χ2n) is 3.80. The quantitative estimate of drug-likeness (QED) is 0.767. The monoisotopic (exact) mass is 246 g/mol. The normalized spacial score (nSPS) is 11.3. The summed E-state index contributed by atoms with van der Waals surface area (Å²) >= 11 is 0. The summed E-state index contributed by atoms with van der Waals surface area (Å²) in [5, 5.41) is 2.80. The largest absolute Gasteiger partial charge is 0.372 e. The molecule has 0 aliphatic rings. The van der Waals surface area contributed by atoms with Crippen LogP contribution in [0.3, 0.4) is 0 Å². The molecule has 0 spiro atoms. The van der Waals surface area contributed by atoms with Gasteiger partial charge >= 0.3 is 0 Å². The Morgan fingerprint density at radius 1 is 1.56 bits per heavy atom. The summed E-state index contributed by atoms with van der Waals surface area (Å²) in [5.74, 6) is 5.62. The van der Waals surface area contributed by atoms with Gasteiger partial charge in [0.1, 0.15) is 6.10 Å². The van der Waals surface area contributed by atoms with Crippen molar-refractivity contribution in [3.8, 4) is 11.8 Å². The van der Waals surface area contributed by atoms with Gasteiger partial charge in [0.2, 0.25) is 5.91 Å². The number of ether oxygens (including phenoxy) is 1. The van der Waals surface area contributed by atoms with Gasteiger partial charge in [-0.3, -0.25) is 4.79 Å². The molecule has 0 saturated carbocycles. The first-order valence-electron chi connectivity index (χ1n) is 5.75. The number of nitrogens with one attached hydrogen (secondary N) is 1. The number of rotatable bonds is 4. The van der Waals surface area contributed by atoms with Crippen LogP contribution in [0.15, 0.2) is 24.3 Å². The van der Waals surface area contributed by atoms with Crippen LogP contribution in [0, 0.1) is 11.8 Å². The average molecular weight is 246 g/mol. The van der Waals surface area contributed by atoms with Crippen LogP contribution < -0.4 is 11.1 Å². The summed E-state index contributed by atoms with van der Waals surface area (Å²) in [7, 11) is 1.51. The maximum atomic E-state index is 11.5. The van der Waals surface area contributed by atoms with Gasteiger partial charge in [0.05, 0.1) is 6.54 Å². The highest BCUT2D eigenvalue weighted by molar-refractivity contribution is 5.80. The van der Waals surface area contributed by atoms with E-state index in [9.17, 15) is 4.79 Å². The Morgan fingerprint density at radius 3 is 3.00 bits per heavy atom. The van der Waals surface area contributed by atoms with E-state index in [1.54, 1.807) is 6.92 Å². The molecule has 0 radical (unpaired) electrons. The SMILES string of the molecule is COC(C)C(=O)NCc1cccc(C#CCN)c1. The lowest BCUT2D eigenvalue weighted by Crippen LogP contribution is -2.33. The third-order valence-corrected chi connectivity index (χ3v) is 2.45. The van der Waals surface area contributed by atoms with Crippen LogP contribution in [0.25, 0.3) is 0 Å². The molecule has 4 nitrogen and oxygen atoms in total. The fraction of sp³-hybridized carbons (Fsp3) is 0.357. The zero-order chi connectivity index (χ0) is 13.4. The van der Waals surface area contributed by atoms with Crippen LogP contribution in [-0.2, 0) is 16.1 Å². The van der Waals surface area contributed by atoms with E-state index in [-0.39, 0.29) is 5.91 Å². The summed E-state index contributed by atoms with van der Waals surface area (Å²) in [6.45, 7) is 2.51. The minimum atomic E-state index is -0.440. The Balaban J connectivity index is 2.60. The molecule has 1 rings (SSSR count). The van der Waals surface area contributed by atoms with Crippen molar-refractivity contribution in [2.75, 3.05) is 13.7 Å². The summed E-state index contributed by atoms with van der Waals surface area (Å²) in [6.07, 6.45) is -0.440. The highest BCUT2D eigenvalue weighted by Crippen LogP contribution is 2.04. The van der Waals surface area contributed by atoms with Crippen molar-refractivity contribution in [3.63, 3.8) is 0 Å². The molecule has 1 aromatic carbocycles. The molecule has 1 unspecified atom stereocenters. The smallest absolute Gasteiger partial charge is 0.249 e. The molecular formula is C14H18N2O2. The van der Waals surface area contributed by atoms with Crippen molar-refractivity contribution in [1.29, 1.82) is 0 Å². The molecule has 0 fully saturated rings. The first kappa shape index (κ1) is 14.2. The minimum Gasteiger partial charge on any atom is -0.372 e. The molecule has 96 valence electrons. The van der Waals surface area contributed by atoms with E-state index in [0.29, 0.717) is 13.1 Å². The van der Waals surface area contributed by atoms with Crippen LogP contribution in [0.1, 0.15) is 18.1 Å². The topological polar surface area (TPSA) is 64.3 Å². The predicted octanol–water partition coefficient (Wildman–Crippen LogP) is 0.648. The molecule has 1 amide bonds. The van der Waals surface area contributed by atoms with Crippen molar-refractivity contribution in [2.45, 2.75) is 19.6 Å². The fourth-order valence-corrected chi connectivity index (χ4v) is 1.35. The first-order valence-corrected chi connectivity index (χ1v) is 5.75. The molecule has 0 aromatic heterocycles. The second kappa shape index (κ2) is 7.49. The van der Waals surface area contributed by atoms with Gasteiger partial charge in [-0.05, 0) is 24.6 Å². The Bertz CT molecular complexity index is 460. The van der Waals surface area contributed by atoms with Crippen LogP contribution >= 0.6 is 0 Å². The second-order valence-corrected chi connectivity index (χ2v) is 3.80. The molecule has 0 aliphatic heterocycles. The Hall–Kier alpha value is -1.83. The number of carbonyl (C=O) groups is 1. The predicted molar refractivity (Wildman–Crippen MR) is 70.7 cm³/mol. The van der Waals surface area contributed by atoms with E-state index < -0.39 is 6.10 Å². The molecule has 1 aromatic rings. The zero-order valence-corrected chi connectivity index (χ0v) is 10.7. The van der Waals surface area contributed by atoms with E-state index in [0.717, 1.165) is 11.1 Å². The lowest BCUT2D eigenvalue weighted by Gasteiger charge is -2.10. The number of methoxy groups -OCH3 is 1. The molecule has 18 heavy (non-hydrogen) atoms. The van der Waals surface area contributed by atoms with Gasteiger partial charge in [-0.2, -0.15) is 0 Å². The van der Waals surface area contributed by atoms with E-state index in [4.69, 9.17) is 10.5 Å². The van der Waals surface area contributed by atoms with Crippen molar-refractivity contribution in [3.05, 3.63) is 35.4 Å². The van der Waals surface area contributed by atoms with Gasteiger partial charge in [-0.15, -0.1) is 0 Å². The summed E-state index contributed by atoms with van der Waals surface area (Å²) in [5.41, 5.74) is 7.21. The van der Waals surface area contributed by atoms with E-state index in [1.807, 2.05) is 24.3 Å². The lowest BCUT2D eigenvalue weighted by molar-refractivity contribution is -0.130. The molecule has 0 heterocycles. The summed E-state index contributed by atoms with van der Waals surface area (Å²) < 4.78 is 4.93. The van der Waals surface area contributed by atoms with Crippen LogP contribution in [0.2, 0.25) is 0 Å². The molecular weight excluding hydrogens is 228 g/mol. The number of amides is 1. The summed E-state index contributed by atoms with van der Waals surface area (Å²) in [6, 6.07) is 7.68. The van der Waals surface area contributed by atoms with Crippen LogP contribution in [-0.4, -0.2) is 25.7 Å². The molecule has 3 N–H and O–H groups in total. The van der Waals surface area contributed by atoms with E-state index >= 15 is 0 Å². The minimum absolute atomic E-state index is 0.129. The van der Waals surface area contributed by atoms with Crippen molar-refractivity contribution < 1.29 is 9.53 Å². The van der Waals surface area contributed by atoms with Gasteiger partial charge < -0.3 is 15.8 Å². The number of nitrogens with two attached hydrogens (primary N) is 1. The standard InChI is InChI=1S/C14H18N2O2/c1-11(18-2)14(17)16-10-13-6-3-5-12(9-13)7-4-8-15/h3,5-6,9,11H,8,10,15H2,1-2H3,(H,16,17). The maximum Gasteiger partial charge on any atom is 0.249 e. The summed E-state index contributed by atoms with van der Waals surface area (Å²) in [4.78, 5) is 11.5. The maximum absolute atomic E-state index is 11.5. The highest BCUT2D eigenvalue weighted by atomic mass is 16.5. The number of hydrogen-bond donors (Lipinski definition) is 2. The molecule has 0 saturated heterocycles. The molecule has 0 aliphatic carbocycles. The van der Waals surface area contributed by atoms with Crippen LogP contribution in [0.4, 0.5) is 0 Å². The fourth-order valence-electron chi connectivity index (χ4n) is 1.35. The zero-order valence-electron chi connectivity index (χ0n) is 10.7. The van der Waals surface area contributed by atoms with Gasteiger partial charge in [-0.1, -0.05) is 24.0 Å². The van der Waals surface area contributed by atoms with Crippen LogP contribution in [0.5, 0.6) is 0 Å². The Labute approximate surface area is 108 Å². The van der Waals surface area contributed by atoms with Gasteiger partial charge in [0, 0.05) is 19.2 Å². The molecule has 1 atom stereocenters. The number of carbonyl (C=O) groups excluding carboxylic acids is 1. The number of benzene rings is 1. The Morgan fingerprint density at radius 2 is 2.33 bits per heavy atom. The van der Waals surface area contributed by atoms with Crippen molar-refractivity contribution in [2.24, 2.45) is 5.73 Å². The van der Waals surface area contributed by atoms with Gasteiger partial charge in [0.25, 0.3) is 0 Å². The van der Waals surface area contributed by atoms with Gasteiger partial charge in [-0.25, -0.2) is 0 Å². The van der Waals surface area contributed by atoms with E-state index in [2.05, 4.69) is 17.2 Å². The lowest BCUT2D eigenvalue weighted by atomic mass is 10.1. The number of hydrogen-bond acceptors (Lipinski definition) is 3. The van der Waals surface area contributed by atoms with E-state index in [1.165, 1.54) is 7.11 Å². The van der Waals surface area contributed by atoms with Gasteiger partial charge in [0.15, 0.2) is 0 Å². The third-order valence-electron chi connectivity index (χ3n) is 2.45. The highest BCUT2D eigenvalue weighted by Gasteiger charge is 2.10. The Kier molecular flexibility index (Phi) is 5.92. The van der Waals surface area contributed by atoms with Crippen molar-refractivity contribution >= 4 is 5.91 Å². The first-order chi connectivity index (χ1) is 8.67. The average Bonchev–Trinajstić information content (AvgIpc) is 2.42. The molecule has 4 heteroatoms. The van der Waals surface area contributed by atoms with Crippen molar-refractivity contribution in [1.82, 2.24) is 5.32 Å².